The van der Waals surface area contributed by atoms with E-state index >= 15 is 0 Å². The Bertz CT molecular complexity index is 587. The van der Waals surface area contributed by atoms with Gasteiger partial charge in [-0.25, -0.2) is 4.39 Å². The van der Waals surface area contributed by atoms with Crippen molar-refractivity contribution in [1.29, 1.82) is 5.26 Å². The van der Waals surface area contributed by atoms with Crippen LogP contribution in [0.25, 0.3) is 0 Å². The quantitative estimate of drug-likeness (QED) is 0.802. The molecule has 2 aliphatic heterocycles. The summed E-state index contributed by atoms with van der Waals surface area (Å²) in [4.78, 5) is 2.25. The molecular formula is C19H26FN3O. The summed E-state index contributed by atoms with van der Waals surface area (Å²) in [6, 6.07) is 7.78. The number of hydrogen-bond donors (Lipinski definition) is 1. The molecule has 2 aliphatic rings. The molecule has 0 saturated carbocycles. The number of benzene rings is 1. The van der Waals surface area contributed by atoms with Gasteiger partial charge in [0.1, 0.15) is 5.82 Å². The Hall–Kier alpha value is -1.80. The summed E-state index contributed by atoms with van der Waals surface area (Å²) in [6.07, 6.45) is 5.66. The second-order valence-corrected chi connectivity index (χ2v) is 6.86. The highest BCUT2D eigenvalue weighted by Crippen LogP contribution is 2.35. The standard InChI is InChI=1S/C19H26FN3O/c20-16-5-3-6-17(23-11-1-2-12-23)18(16)22-10-4-7-19(15-21)8-13-24-14-9-19/h3,5-6,22H,1-2,4,7-14H2. The van der Waals surface area contributed by atoms with E-state index in [4.69, 9.17) is 4.74 Å². The molecule has 0 aliphatic carbocycles. The maximum Gasteiger partial charge on any atom is 0.148 e. The van der Waals surface area contributed by atoms with Gasteiger partial charge >= 0.3 is 0 Å². The molecule has 1 N–H and O–H groups in total. The summed E-state index contributed by atoms with van der Waals surface area (Å²) in [5, 5.41) is 12.8. The number of anilines is 2. The van der Waals surface area contributed by atoms with Gasteiger partial charge in [0.05, 0.1) is 22.9 Å². The van der Waals surface area contributed by atoms with Crippen molar-refractivity contribution in [3.63, 3.8) is 0 Å². The topological polar surface area (TPSA) is 48.3 Å². The first-order valence-corrected chi connectivity index (χ1v) is 9.00. The lowest BCUT2D eigenvalue weighted by Gasteiger charge is -2.30. The molecule has 24 heavy (non-hydrogen) atoms. The molecular weight excluding hydrogens is 305 g/mol. The van der Waals surface area contributed by atoms with Crippen molar-refractivity contribution in [2.75, 3.05) is 43.1 Å². The molecule has 0 aromatic heterocycles. The average molecular weight is 331 g/mol. The van der Waals surface area contributed by atoms with Crippen molar-refractivity contribution in [1.82, 2.24) is 0 Å². The first-order valence-electron chi connectivity index (χ1n) is 9.00. The van der Waals surface area contributed by atoms with Gasteiger partial charge in [-0.3, -0.25) is 0 Å². The van der Waals surface area contributed by atoms with E-state index in [2.05, 4.69) is 16.3 Å². The van der Waals surface area contributed by atoms with Crippen molar-refractivity contribution in [3.8, 4) is 6.07 Å². The van der Waals surface area contributed by atoms with Crippen LogP contribution in [0.5, 0.6) is 0 Å². The summed E-state index contributed by atoms with van der Waals surface area (Å²) in [7, 11) is 0. The van der Waals surface area contributed by atoms with Crippen molar-refractivity contribution in [2.24, 2.45) is 5.41 Å². The van der Waals surface area contributed by atoms with Crippen molar-refractivity contribution >= 4 is 11.4 Å². The highest BCUT2D eigenvalue weighted by atomic mass is 19.1. The summed E-state index contributed by atoms with van der Waals surface area (Å²) >= 11 is 0. The van der Waals surface area contributed by atoms with Gasteiger partial charge in [0, 0.05) is 32.8 Å². The van der Waals surface area contributed by atoms with Crippen LogP contribution >= 0.6 is 0 Å². The largest absolute Gasteiger partial charge is 0.381 e. The maximum atomic E-state index is 14.3. The van der Waals surface area contributed by atoms with Crippen molar-refractivity contribution < 1.29 is 9.13 Å². The van der Waals surface area contributed by atoms with E-state index in [0.29, 0.717) is 25.4 Å². The molecule has 5 heteroatoms. The minimum absolute atomic E-state index is 0.194. The van der Waals surface area contributed by atoms with Gasteiger partial charge in [-0.15, -0.1) is 0 Å². The fourth-order valence-corrected chi connectivity index (χ4v) is 3.73. The van der Waals surface area contributed by atoms with E-state index in [1.807, 2.05) is 6.07 Å². The SMILES string of the molecule is N#CC1(CCCNc2c(F)cccc2N2CCCC2)CCOCC1. The molecule has 1 aromatic carbocycles. The molecule has 0 amide bonds. The molecule has 0 unspecified atom stereocenters. The van der Waals surface area contributed by atoms with Crippen LogP contribution in [0, 0.1) is 22.6 Å². The molecule has 0 spiro atoms. The normalized spacial score (nSPS) is 19.9. The van der Waals surface area contributed by atoms with E-state index in [1.165, 1.54) is 18.9 Å². The third kappa shape index (κ3) is 3.81. The zero-order valence-corrected chi connectivity index (χ0v) is 14.2. The molecule has 3 rings (SSSR count). The summed E-state index contributed by atoms with van der Waals surface area (Å²) < 4.78 is 19.6. The Balaban J connectivity index is 1.57. The van der Waals surface area contributed by atoms with E-state index in [0.717, 1.165) is 44.5 Å². The van der Waals surface area contributed by atoms with Gasteiger partial charge in [0.2, 0.25) is 0 Å². The fourth-order valence-electron chi connectivity index (χ4n) is 3.73. The lowest BCUT2D eigenvalue weighted by Crippen LogP contribution is -2.28. The lowest BCUT2D eigenvalue weighted by molar-refractivity contribution is 0.0365. The molecule has 0 bridgehead atoms. The van der Waals surface area contributed by atoms with Crippen LogP contribution in [0.3, 0.4) is 0 Å². The number of nitriles is 1. The van der Waals surface area contributed by atoms with Crippen LogP contribution in [-0.2, 0) is 4.74 Å². The number of para-hydroxylation sites is 1. The zero-order chi connectivity index (χ0) is 16.8. The van der Waals surface area contributed by atoms with Crippen LogP contribution in [-0.4, -0.2) is 32.8 Å². The molecule has 0 radical (unpaired) electrons. The van der Waals surface area contributed by atoms with Crippen LogP contribution in [0.1, 0.15) is 38.5 Å². The number of halogens is 1. The zero-order valence-electron chi connectivity index (χ0n) is 14.2. The predicted octanol–water partition coefficient (Wildman–Crippen LogP) is 3.94. The van der Waals surface area contributed by atoms with Crippen molar-refractivity contribution in [3.05, 3.63) is 24.0 Å². The Kier molecular flexibility index (Phi) is 5.57. The van der Waals surface area contributed by atoms with E-state index in [9.17, 15) is 9.65 Å². The Morgan fingerprint density at radius 2 is 2.00 bits per heavy atom. The first kappa shape index (κ1) is 17.0. The number of nitrogens with zero attached hydrogens (tertiary/aromatic N) is 2. The van der Waals surface area contributed by atoms with E-state index in [1.54, 1.807) is 6.07 Å². The third-order valence-electron chi connectivity index (χ3n) is 5.26. The molecule has 2 heterocycles. The van der Waals surface area contributed by atoms with Gasteiger partial charge in [-0.1, -0.05) is 6.07 Å². The van der Waals surface area contributed by atoms with Gasteiger partial charge < -0.3 is 15.0 Å². The number of hydrogen-bond acceptors (Lipinski definition) is 4. The fraction of sp³-hybridized carbons (Fsp3) is 0.632. The molecule has 130 valence electrons. The van der Waals surface area contributed by atoms with E-state index < -0.39 is 0 Å². The Labute approximate surface area is 143 Å². The molecule has 0 atom stereocenters. The van der Waals surface area contributed by atoms with Crippen LogP contribution < -0.4 is 10.2 Å². The van der Waals surface area contributed by atoms with Gasteiger partial charge in [-0.05, 0) is 50.7 Å². The first-order chi connectivity index (χ1) is 11.7. The third-order valence-corrected chi connectivity index (χ3v) is 5.26. The van der Waals surface area contributed by atoms with Crippen molar-refractivity contribution in [2.45, 2.75) is 38.5 Å². The second-order valence-electron chi connectivity index (χ2n) is 6.86. The second kappa shape index (κ2) is 7.85. The molecule has 2 saturated heterocycles. The van der Waals surface area contributed by atoms with Crippen LogP contribution in [0.2, 0.25) is 0 Å². The monoisotopic (exact) mass is 331 g/mol. The Morgan fingerprint density at radius 3 is 2.71 bits per heavy atom. The van der Waals surface area contributed by atoms with Gasteiger partial charge in [0.15, 0.2) is 0 Å². The molecule has 4 nitrogen and oxygen atoms in total. The number of rotatable bonds is 6. The maximum absolute atomic E-state index is 14.3. The minimum atomic E-state index is -0.257. The smallest absolute Gasteiger partial charge is 0.148 e. The Morgan fingerprint density at radius 1 is 1.25 bits per heavy atom. The average Bonchev–Trinajstić information content (AvgIpc) is 3.15. The lowest BCUT2D eigenvalue weighted by atomic mass is 9.78. The summed E-state index contributed by atoms with van der Waals surface area (Å²) in [5.41, 5.74) is 1.32. The summed E-state index contributed by atoms with van der Waals surface area (Å²) in [5.74, 6) is -0.194. The highest BCUT2D eigenvalue weighted by Gasteiger charge is 2.32. The van der Waals surface area contributed by atoms with Gasteiger partial charge in [0.25, 0.3) is 0 Å². The minimum Gasteiger partial charge on any atom is -0.381 e. The highest BCUT2D eigenvalue weighted by molar-refractivity contribution is 5.71. The van der Waals surface area contributed by atoms with E-state index in [-0.39, 0.29) is 11.2 Å². The van der Waals surface area contributed by atoms with Crippen LogP contribution in [0.4, 0.5) is 15.8 Å². The predicted molar refractivity (Wildman–Crippen MR) is 93.7 cm³/mol. The summed E-state index contributed by atoms with van der Waals surface area (Å²) in [6.45, 7) is 4.03. The molecule has 2 fully saturated rings. The van der Waals surface area contributed by atoms with Gasteiger partial charge in [-0.2, -0.15) is 5.26 Å². The number of nitrogens with one attached hydrogen (secondary N) is 1. The van der Waals surface area contributed by atoms with Crippen LogP contribution in [0.15, 0.2) is 18.2 Å². The molecule has 1 aromatic rings. The number of ether oxygens (including phenoxy) is 1.